The van der Waals surface area contributed by atoms with E-state index in [0.29, 0.717) is 12.0 Å². The fourth-order valence-electron chi connectivity index (χ4n) is 2.49. The predicted octanol–water partition coefficient (Wildman–Crippen LogP) is 2.43. The number of aryl methyl sites for hydroxylation is 1. The first-order chi connectivity index (χ1) is 8.25. The molecule has 3 N–H and O–H groups in total. The Bertz CT molecular complexity index is 323. The molecule has 0 saturated carbocycles. The highest BCUT2D eigenvalue weighted by atomic mass is 14.9. The van der Waals surface area contributed by atoms with Crippen LogP contribution in [0.15, 0.2) is 24.3 Å². The van der Waals surface area contributed by atoms with Gasteiger partial charge >= 0.3 is 0 Å². The standard InChI is InChI=1S/C15H24N2/c1-12(16)4-5-13-6-8-14(9-7-13)15-3-2-10-17-11-15/h6-9,12,15,17H,2-5,10-11,16H2,1H3. The molecule has 1 saturated heterocycles. The molecule has 1 fully saturated rings. The monoisotopic (exact) mass is 232 g/mol. The van der Waals surface area contributed by atoms with Crippen LogP contribution < -0.4 is 11.1 Å². The fraction of sp³-hybridized carbons (Fsp3) is 0.600. The van der Waals surface area contributed by atoms with Crippen molar-refractivity contribution in [2.45, 2.75) is 44.6 Å². The molecule has 94 valence electrons. The fourth-order valence-corrected chi connectivity index (χ4v) is 2.49. The SMILES string of the molecule is CC(N)CCc1ccc(C2CCCNC2)cc1. The van der Waals surface area contributed by atoms with Crippen LogP contribution in [0.4, 0.5) is 0 Å². The van der Waals surface area contributed by atoms with Crippen molar-refractivity contribution < 1.29 is 0 Å². The van der Waals surface area contributed by atoms with Crippen LogP contribution in [0, 0.1) is 0 Å². The number of piperidine rings is 1. The number of nitrogens with one attached hydrogen (secondary N) is 1. The Morgan fingerprint density at radius 3 is 2.71 bits per heavy atom. The van der Waals surface area contributed by atoms with Gasteiger partial charge < -0.3 is 11.1 Å². The van der Waals surface area contributed by atoms with Gasteiger partial charge in [0.05, 0.1) is 0 Å². The second kappa shape index (κ2) is 6.18. The third-order valence-corrected chi connectivity index (χ3v) is 3.64. The van der Waals surface area contributed by atoms with Gasteiger partial charge in [0.2, 0.25) is 0 Å². The molecule has 0 aromatic heterocycles. The number of benzene rings is 1. The molecule has 0 bridgehead atoms. The molecule has 2 atom stereocenters. The molecule has 1 heterocycles. The lowest BCUT2D eigenvalue weighted by atomic mass is 9.91. The number of rotatable bonds is 4. The van der Waals surface area contributed by atoms with Crippen molar-refractivity contribution in [3.8, 4) is 0 Å². The maximum Gasteiger partial charge on any atom is 0.00201 e. The van der Waals surface area contributed by atoms with E-state index in [4.69, 9.17) is 5.73 Å². The highest BCUT2D eigenvalue weighted by Gasteiger charge is 2.14. The van der Waals surface area contributed by atoms with Crippen molar-refractivity contribution >= 4 is 0 Å². The zero-order valence-corrected chi connectivity index (χ0v) is 10.8. The Balaban J connectivity index is 1.92. The van der Waals surface area contributed by atoms with Crippen LogP contribution in [-0.4, -0.2) is 19.1 Å². The summed E-state index contributed by atoms with van der Waals surface area (Å²) in [5, 5.41) is 3.47. The Hall–Kier alpha value is -0.860. The molecule has 2 unspecified atom stereocenters. The van der Waals surface area contributed by atoms with E-state index in [-0.39, 0.29) is 0 Å². The molecule has 2 rings (SSSR count). The van der Waals surface area contributed by atoms with Gasteiger partial charge in [-0.05, 0) is 56.2 Å². The van der Waals surface area contributed by atoms with Crippen molar-refractivity contribution in [3.63, 3.8) is 0 Å². The summed E-state index contributed by atoms with van der Waals surface area (Å²) in [7, 11) is 0. The molecular formula is C15H24N2. The Kier molecular flexibility index (Phi) is 4.57. The molecule has 17 heavy (non-hydrogen) atoms. The van der Waals surface area contributed by atoms with Crippen LogP contribution >= 0.6 is 0 Å². The summed E-state index contributed by atoms with van der Waals surface area (Å²) in [6, 6.07) is 9.44. The van der Waals surface area contributed by atoms with Crippen LogP contribution in [0.3, 0.4) is 0 Å². The van der Waals surface area contributed by atoms with Gasteiger partial charge in [0, 0.05) is 12.6 Å². The molecule has 2 heteroatoms. The van der Waals surface area contributed by atoms with Gasteiger partial charge in [-0.3, -0.25) is 0 Å². The van der Waals surface area contributed by atoms with E-state index in [2.05, 4.69) is 36.5 Å². The first-order valence-electron chi connectivity index (χ1n) is 6.81. The van der Waals surface area contributed by atoms with E-state index in [1.807, 2.05) is 0 Å². The summed E-state index contributed by atoms with van der Waals surface area (Å²) in [6.45, 7) is 4.39. The van der Waals surface area contributed by atoms with Crippen LogP contribution in [0.25, 0.3) is 0 Å². The summed E-state index contributed by atoms with van der Waals surface area (Å²) < 4.78 is 0. The van der Waals surface area contributed by atoms with Crippen LogP contribution in [-0.2, 0) is 6.42 Å². The van der Waals surface area contributed by atoms with Crippen molar-refractivity contribution in [1.82, 2.24) is 5.32 Å². The predicted molar refractivity (Wildman–Crippen MR) is 73.3 cm³/mol. The van der Waals surface area contributed by atoms with Gasteiger partial charge in [-0.25, -0.2) is 0 Å². The van der Waals surface area contributed by atoms with E-state index < -0.39 is 0 Å². The Labute approximate surface area is 105 Å². The molecule has 0 amide bonds. The van der Waals surface area contributed by atoms with Crippen LogP contribution in [0.1, 0.15) is 43.2 Å². The largest absolute Gasteiger partial charge is 0.328 e. The minimum atomic E-state index is 0.303. The van der Waals surface area contributed by atoms with Gasteiger partial charge in [0.1, 0.15) is 0 Å². The summed E-state index contributed by atoms with van der Waals surface area (Å²) in [5.41, 5.74) is 8.68. The first kappa shape index (κ1) is 12.6. The first-order valence-corrected chi connectivity index (χ1v) is 6.81. The van der Waals surface area contributed by atoms with Crippen molar-refractivity contribution in [2.75, 3.05) is 13.1 Å². The van der Waals surface area contributed by atoms with E-state index in [1.54, 1.807) is 0 Å². The third-order valence-electron chi connectivity index (χ3n) is 3.64. The molecule has 1 aromatic rings. The average molecular weight is 232 g/mol. The molecule has 0 aliphatic carbocycles. The summed E-state index contributed by atoms with van der Waals surface area (Å²) in [5.74, 6) is 0.714. The Morgan fingerprint density at radius 1 is 1.35 bits per heavy atom. The third kappa shape index (κ3) is 3.83. The average Bonchev–Trinajstić information content (AvgIpc) is 2.38. The normalized spacial score (nSPS) is 22.4. The highest BCUT2D eigenvalue weighted by molar-refractivity contribution is 5.26. The minimum Gasteiger partial charge on any atom is -0.328 e. The molecular weight excluding hydrogens is 208 g/mol. The van der Waals surface area contributed by atoms with Gasteiger partial charge in [0.15, 0.2) is 0 Å². The molecule has 1 aliphatic heterocycles. The van der Waals surface area contributed by atoms with Crippen LogP contribution in [0.2, 0.25) is 0 Å². The zero-order valence-electron chi connectivity index (χ0n) is 10.8. The molecule has 1 aromatic carbocycles. The number of hydrogen-bond acceptors (Lipinski definition) is 2. The summed E-state index contributed by atoms with van der Waals surface area (Å²) >= 11 is 0. The topological polar surface area (TPSA) is 38.0 Å². The van der Waals surface area contributed by atoms with Crippen molar-refractivity contribution in [1.29, 1.82) is 0 Å². The van der Waals surface area contributed by atoms with E-state index >= 15 is 0 Å². The van der Waals surface area contributed by atoms with Gasteiger partial charge in [-0.15, -0.1) is 0 Å². The van der Waals surface area contributed by atoms with Gasteiger partial charge in [-0.1, -0.05) is 24.3 Å². The summed E-state index contributed by atoms with van der Waals surface area (Å²) in [6.07, 6.45) is 4.80. The van der Waals surface area contributed by atoms with Crippen molar-refractivity contribution in [3.05, 3.63) is 35.4 Å². The van der Waals surface area contributed by atoms with E-state index in [9.17, 15) is 0 Å². The molecule has 2 nitrogen and oxygen atoms in total. The maximum atomic E-state index is 5.78. The minimum absolute atomic E-state index is 0.303. The highest BCUT2D eigenvalue weighted by Crippen LogP contribution is 2.23. The van der Waals surface area contributed by atoms with Crippen molar-refractivity contribution in [2.24, 2.45) is 5.73 Å². The Morgan fingerprint density at radius 2 is 2.12 bits per heavy atom. The number of hydrogen-bond donors (Lipinski definition) is 2. The lowest BCUT2D eigenvalue weighted by Gasteiger charge is -2.23. The second-order valence-electron chi connectivity index (χ2n) is 5.30. The lowest BCUT2D eigenvalue weighted by Crippen LogP contribution is -2.28. The quantitative estimate of drug-likeness (QED) is 0.836. The number of nitrogens with two attached hydrogens (primary N) is 1. The summed E-state index contributed by atoms with van der Waals surface area (Å²) in [4.78, 5) is 0. The van der Waals surface area contributed by atoms with E-state index in [0.717, 1.165) is 19.4 Å². The smallest absolute Gasteiger partial charge is 0.00201 e. The zero-order chi connectivity index (χ0) is 12.1. The second-order valence-corrected chi connectivity index (χ2v) is 5.30. The van der Waals surface area contributed by atoms with Crippen LogP contribution in [0.5, 0.6) is 0 Å². The maximum absolute atomic E-state index is 5.78. The van der Waals surface area contributed by atoms with E-state index in [1.165, 1.54) is 30.5 Å². The molecule has 0 spiro atoms. The molecule has 0 radical (unpaired) electrons. The lowest BCUT2D eigenvalue weighted by molar-refractivity contribution is 0.461. The molecule has 1 aliphatic rings. The van der Waals surface area contributed by atoms with Gasteiger partial charge in [-0.2, -0.15) is 0 Å². The van der Waals surface area contributed by atoms with Gasteiger partial charge in [0.25, 0.3) is 0 Å².